The number of anilines is 1. The average Bonchev–Trinajstić information content (AvgIpc) is 3.42. The van der Waals surface area contributed by atoms with Crippen LogP contribution in [0.25, 0.3) is 22.6 Å². The Kier molecular flexibility index (Phi) is 7.89. The molecule has 0 radical (unpaired) electrons. The molecule has 3 heterocycles. The molecule has 1 saturated heterocycles. The number of imide groups is 1. The van der Waals surface area contributed by atoms with Gasteiger partial charge in [-0.1, -0.05) is 0 Å². The lowest BCUT2D eigenvalue weighted by molar-refractivity contribution is -0.697. The molecule has 36 heavy (non-hydrogen) atoms. The SMILES string of the molecule is CCOC(=O)Nc1ccc2nc(-c3cc[n+](CCCCCC(=O)ON4C(=O)CCC4=O)cc3)oc2c1. The van der Waals surface area contributed by atoms with Crippen molar-refractivity contribution in [3.8, 4) is 11.5 Å². The predicted molar refractivity (Wildman–Crippen MR) is 126 cm³/mol. The first-order valence-corrected chi connectivity index (χ1v) is 11.8. The van der Waals surface area contributed by atoms with Crippen LogP contribution in [0, 0.1) is 0 Å². The van der Waals surface area contributed by atoms with Crippen LogP contribution in [-0.2, 0) is 30.5 Å². The van der Waals surface area contributed by atoms with Crippen molar-refractivity contribution in [2.24, 2.45) is 0 Å². The maximum atomic E-state index is 11.8. The normalized spacial score (nSPS) is 13.3. The highest BCUT2D eigenvalue weighted by Gasteiger charge is 2.32. The maximum absolute atomic E-state index is 11.8. The van der Waals surface area contributed by atoms with E-state index in [0.717, 1.165) is 24.9 Å². The van der Waals surface area contributed by atoms with Gasteiger partial charge in [-0.25, -0.2) is 19.1 Å². The number of unbranched alkanes of at least 4 members (excludes halogenated alkanes) is 2. The Morgan fingerprint density at radius 2 is 1.83 bits per heavy atom. The molecule has 0 atom stereocenters. The minimum atomic E-state index is -0.572. The summed E-state index contributed by atoms with van der Waals surface area (Å²) in [6.07, 6.45) is 5.89. The van der Waals surface area contributed by atoms with E-state index in [1.807, 2.05) is 29.1 Å². The van der Waals surface area contributed by atoms with Crippen LogP contribution in [0.2, 0.25) is 0 Å². The van der Waals surface area contributed by atoms with Crippen molar-refractivity contribution in [2.45, 2.75) is 52.0 Å². The standard InChI is InChI=1S/C25H26N4O7/c1-2-34-25(33)26-18-7-8-19-20(16-18)35-24(27-19)17-11-14-28(15-12-17)13-5-3-4-6-23(32)36-29-21(30)9-10-22(29)31/h7-8,11-12,14-16H,2-6,9-10,13H2,1H3/p+1. The average molecular weight is 496 g/mol. The predicted octanol–water partition coefficient (Wildman–Crippen LogP) is 3.52. The topological polar surface area (TPSA) is 132 Å². The van der Waals surface area contributed by atoms with Crippen LogP contribution >= 0.6 is 0 Å². The second kappa shape index (κ2) is 11.4. The van der Waals surface area contributed by atoms with E-state index < -0.39 is 23.9 Å². The lowest BCUT2D eigenvalue weighted by atomic mass is 10.2. The molecule has 3 amide bonds. The van der Waals surface area contributed by atoms with Crippen LogP contribution in [0.1, 0.15) is 45.4 Å². The van der Waals surface area contributed by atoms with E-state index in [1.165, 1.54) is 0 Å². The quantitative estimate of drug-likeness (QED) is 0.257. The van der Waals surface area contributed by atoms with Gasteiger partial charge in [0.05, 0.1) is 6.61 Å². The summed E-state index contributed by atoms with van der Waals surface area (Å²) in [5, 5.41) is 3.22. The second-order valence-electron chi connectivity index (χ2n) is 8.23. The number of pyridine rings is 1. The van der Waals surface area contributed by atoms with E-state index in [2.05, 4.69) is 10.3 Å². The van der Waals surface area contributed by atoms with Crippen molar-refractivity contribution in [2.75, 3.05) is 11.9 Å². The lowest BCUT2D eigenvalue weighted by Crippen LogP contribution is -2.32. The van der Waals surface area contributed by atoms with Gasteiger partial charge in [0.2, 0.25) is 5.89 Å². The number of aryl methyl sites for hydroxylation is 1. The van der Waals surface area contributed by atoms with Crippen molar-refractivity contribution < 1.29 is 37.7 Å². The van der Waals surface area contributed by atoms with E-state index in [-0.39, 0.29) is 25.9 Å². The van der Waals surface area contributed by atoms with Crippen molar-refractivity contribution in [1.29, 1.82) is 0 Å². The molecule has 2 aromatic heterocycles. The second-order valence-corrected chi connectivity index (χ2v) is 8.23. The number of hydrogen-bond donors (Lipinski definition) is 1. The molecule has 11 heteroatoms. The summed E-state index contributed by atoms with van der Waals surface area (Å²) in [5.74, 6) is -1.04. The zero-order chi connectivity index (χ0) is 25.5. The van der Waals surface area contributed by atoms with Gasteiger partial charge < -0.3 is 14.0 Å². The molecule has 1 aliphatic rings. The van der Waals surface area contributed by atoms with Crippen LogP contribution in [0.15, 0.2) is 47.1 Å². The Hall–Kier alpha value is -4.28. The van der Waals surface area contributed by atoms with Crippen LogP contribution in [-0.4, -0.2) is 40.5 Å². The van der Waals surface area contributed by atoms with Crippen LogP contribution < -0.4 is 9.88 Å². The van der Waals surface area contributed by atoms with Crippen LogP contribution in [0.4, 0.5) is 10.5 Å². The minimum absolute atomic E-state index is 0.0874. The first kappa shape index (κ1) is 24.8. The maximum Gasteiger partial charge on any atom is 0.411 e. The third-order valence-corrected chi connectivity index (χ3v) is 5.54. The summed E-state index contributed by atoms with van der Waals surface area (Å²) in [6.45, 7) is 2.78. The zero-order valence-corrected chi connectivity index (χ0v) is 19.9. The molecule has 1 aromatic carbocycles. The van der Waals surface area contributed by atoms with Gasteiger partial charge >= 0.3 is 12.1 Å². The summed E-state index contributed by atoms with van der Waals surface area (Å²) in [7, 11) is 0. The molecule has 0 aliphatic carbocycles. The molecule has 0 unspecified atom stereocenters. The molecule has 1 N–H and O–H groups in total. The fraction of sp³-hybridized carbons (Fsp3) is 0.360. The highest BCUT2D eigenvalue weighted by molar-refractivity contribution is 6.01. The molecular formula is C25H27N4O7+. The summed E-state index contributed by atoms with van der Waals surface area (Å²) >= 11 is 0. The minimum Gasteiger partial charge on any atom is -0.450 e. The number of ether oxygens (including phenoxy) is 1. The molecule has 0 saturated carbocycles. The van der Waals surface area contributed by atoms with Crippen molar-refractivity contribution >= 4 is 40.7 Å². The van der Waals surface area contributed by atoms with Gasteiger partial charge in [0.15, 0.2) is 18.0 Å². The summed E-state index contributed by atoms with van der Waals surface area (Å²) in [4.78, 5) is 55.8. The van der Waals surface area contributed by atoms with Gasteiger partial charge in [-0.3, -0.25) is 14.9 Å². The third-order valence-electron chi connectivity index (χ3n) is 5.54. The van der Waals surface area contributed by atoms with E-state index in [1.54, 1.807) is 25.1 Å². The Morgan fingerprint density at radius 1 is 1.08 bits per heavy atom. The number of nitrogens with one attached hydrogen (secondary N) is 1. The van der Waals surface area contributed by atoms with E-state index in [4.69, 9.17) is 14.0 Å². The number of hydrogen-bond acceptors (Lipinski definition) is 8. The number of oxazole rings is 1. The lowest BCUT2D eigenvalue weighted by Gasteiger charge is -2.12. The van der Waals surface area contributed by atoms with E-state index in [0.29, 0.717) is 34.2 Å². The number of carbonyl (C=O) groups is 4. The monoisotopic (exact) mass is 495 g/mol. The van der Waals surface area contributed by atoms with Gasteiger partial charge in [0.1, 0.15) is 12.1 Å². The fourth-order valence-electron chi connectivity index (χ4n) is 3.71. The fourth-order valence-corrected chi connectivity index (χ4v) is 3.71. The summed E-state index contributed by atoms with van der Waals surface area (Å²) in [5.41, 5.74) is 2.60. The van der Waals surface area contributed by atoms with Gasteiger partial charge in [0, 0.05) is 55.1 Å². The Balaban J connectivity index is 1.23. The van der Waals surface area contributed by atoms with Crippen molar-refractivity contribution in [3.63, 3.8) is 0 Å². The zero-order valence-electron chi connectivity index (χ0n) is 19.9. The molecule has 0 bridgehead atoms. The molecule has 3 aromatic rings. The van der Waals surface area contributed by atoms with Crippen molar-refractivity contribution in [1.82, 2.24) is 10.0 Å². The largest absolute Gasteiger partial charge is 0.450 e. The number of benzene rings is 1. The number of amides is 3. The first-order chi connectivity index (χ1) is 17.4. The Bertz CT molecular complexity index is 1250. The Labute approximate surface area is 206 Å². The first-order valence-electron chi connectivity index (χ1n) is 11.8. The van der Waals surface area contributed by atoms with Gasteiger partial charge in [-0.15, -0.1) is 5.06 Å². The summed E-state index contributed by atoms with van der Waals surface area (Å²) < 4.78 is 12.8. The van der Waals surface area contributed by atoms with Crippen LogP contribution in [0.3, 0.4) is 0 Å². The molecule has 4 rings (SSSR count). The molecule has 1 fully saturated rings. The number of rotatable bonds is 10. The van der Waals surface area contributed by atoms with E-state index >= 15 is 0 Å². The molecule has 188 valence electrons. The summed E-state index contributed by atoms with van der Waals surface area (Å²) in [6, 6.07) is 9.01. The number of aromatic nitrogens is 2. The number of nitrogens with zero attached hydrogens (tertiary/aromatic N) is 3. The smallest absolute Gasteiger partial charge is 0.411 e. The molecule has 11 nitrogen and oxygen atoms in total. The van der Waals surface area contributed by atoms with Gasteiger partial charge in [-0.05, 0) is 31.9 Å². The van der Waals surface area contributed by atoms with Crippen LogP contribution in [0.5, 0.6) is 0 Å². The van der Waals surface area contributed by atoms with Gasteiger partial charge in [0.25, 0.3) is 11.8 Å². The van der Waals surface area contributed by atoms with Crippen molar-refractivity contribution in [3.05, 3.63) is 42.7 Å². The Morgan fingerprint density at radius 3 is 2.56 bits per heavy atom. The number of fused-ring (bicyclic) bond motifs is 1. The highest BCUT2D eigenvalue weighted by atomic mass is 16.7. The number of carbonyl (C=O) groups excluding carboxylic acids is 4. The highest BCUT2D eigenvalue weighted by Crippen LogP contribution is 2.26. The molecule has 0 spiro atoms. The van der Waals surface area contributed by atoms with Gasteiger partial charge in [-0.2, -0.15) is 0 Å². The number of hydroxylamine groups is 2. The molecule has 1 aliphatic heterocycles. The van der Waals surface area contributed by atoms with E-state index in [9.17, 15) is 19.2 Å². The third kappa shape index (κ3) is 6.23. The molecular weight excluding hydrogens is 468 g/mol.